The Labute approximate surface area is 322 Å². The van der Waals surface area contributed by atoms with E-state index in [9.17, 15) is 0 Å². The SMILES string of the molecule is C(=C\c1nc2cc3sc(/C=C/c4ccc(N(c5ccccc5)c5ccccc5)cc4)nc3cc2s1)/c1ccc(N(c2ccccc2)c2ccccc2)cc1. The fourth-order valence-electron chi connectivity index (χ4n) is 6.53. The standard InChI is InChI=1S/C48H34N4S2/c1-5-13-37(14-6-1)51(38-15-7-2-8-16-38)41-27-21-35(22-28-41)25-31-47-49-43-33-46-44(34-45(43)53-47)50-48(54-46)32-26-36-23-29-42(30-24-36)52(39-17-9-3-10-18-39)40-19-11-4-12-20-40/h1-34H/b31-25+,32-26+. The second-order valence-corrected chi connectivity index (χ2v) is 14.9. The summed E-state index contributed by atoms with van der Waals surface area (Å²) in [4.78, 5) is 14.4. The molecule has 9 rings (SSSR count). The van der Waals surface area contributed by atoms with E-state index >= 15 is 0 Å². The van der Waals surface area contributed by atoms with Crippen molar-refractivity contribution in [2.45, 2.75) is 0 Å². The van der Waals surface area contributed by atoms with Gasteiger partial charge in [0.05, 0.1) is 20.4 Å². The van der Waals surface area contributed by atoms with E-state index < -0.39 is 0 Å². The minimum Gasteiger partial charge on any atom is -0.311 e. The molecule has 0 aliphatic carbocycles. The van der Waals surface area contributed by atoms with Gasteiger partial charge in [0.1, 0.15) is 10.0 Å². The van der Waals surface area contributed by atoms with E-state index in [1.807, 2.05) is 24.3 Å². The Morgan fingerprint density at radius 1 is 0.333 bits per heavy atom. The lowest BCUT2D eigenvalue weighted by Crippen LogP contribution is -2.09. The summed E-state index contributed by atoms with van der Waals surface area (Å²) in [5.74, 6) is 0. The highest BCUT2D eigenvalue weighted by Gasteiger charge is 2.13. The zero-order chi connectivity index (χ0) is 36.1. The van der Waals surface area contributed by atoms with Crippen LogP contribution in [0.1, 0.15) is 21.1 Å². The minimum absolute atomic E-state index is 0.976. The van der Waals surface area contributed by atoms with E-state index in [4.69, 9.17) is 9.97 Å². The molecule has 7 aromatic carbocycles. The van der Waals surface area contributed by atoms with Crippen LogP contribution in [-0.4, -0.2) is 9.97 Å². The first kappa shape index (κ1) is 33.3. The van der Waals surface area contributed by atoms with E-state index in [2.05, 4.69) is 192 Å². The summed E-state index contributed by atoms with van der Waals surface area (Å²) in [6.07, 6.45) is 8.47. The molecule has 0 fully saturated rings. The van der Waals surface area contributed by atoms with Crippen molar-refractivity contribution in [3.63, 3.8) is 0 Å². The van der Waals surface area contributed by atoms with Gasteiger partial charge in [0.2, 0.25) is 0 Å². The summed E-state index contributed by atoms with van der Waals surface area (Å²) in [5.41, 5.74) is 11.0. The van der Waals surface area contributed by atoms with Gasteiger partial charge < -0.3 is 9.80 Å². The van der Waals surface area contributed by atoms with Gasteiger partial charge in [-0.1, -0.05) is 109 Å². The summed E-state index contributed by atoms with van der Waals surface area (Å²) < 4.78 is 2.27. The Morgan fingerprint density at radius 3 is 0.944 bits per heavy atom. The average molecular weight is 731 g/mol. The maximum absolute atomic E-state index is 4.95. The van der Waals surface area contributed by atoms with Gasteiger partial charge in [0, 0.05) is 34.1 Å². The van der Waals surface area contributed by atoms with Gasteiger partial charge in [-0.2, -0.15) is 0 Å². The molecule has 0 atom stereocenters. The minimum atomic E-state index is 0.976. The molecule has 54 heavy (non-hydrogen) atoms. The number of hydrogen-bond acceptors (Lipinski definition) is 6. The van der Waals surface area contributed by atoms with E-state index in [1.54, 1.807) is 22.7 Å². The Hall–Kier alpha value is -6.60. The molecule has 0 N–H and O–H groups in total. The first-order valence-corrected chi connectivity index (χ1v) is 19.4. The Bertz CT molecular complexity index is 2370. The molecule has 0 aliphatic rings. The molecular weight excluding hydrogens is 697 g/mol. The zero-order valence-electron chi connectivity index (χ0n) is 29.2. The zero-order valence-corrected chi connectivity index (χ0v) is 30.9. The number of fused-ring (bicyclic) bond motifs is 2. The van der Waals surface area contributed by atoms with Gasteiger partial charge in [-0.25, -0.2) is 9.97 Å². The van der Waals surface area contributed by atoms with E-state index in [1.165, 1.54) is 0 Å². The van der Waals surface area contributed by atoms with Gasteiger partial charge in [-0.05, 0) is 108 Å². The fourth-order valence-corrected chi connectivity index (χ4v) is 8.30. The molecule has 0 saturated heterocycles. The van der Waals surface area contributed by atoms with Crippen molar-refractivity contribution in [2.75, 3.05) is 9.80 Å². The third kappa shape index (κ3) is 7.21. The third-order valence-electron chi connectivity index (χ3n) is 9.13. The van der Waals surface area contributed by atoms with Crippen molar-refractivity contribution in [1.29, 1.82) is 0 Å². The van der Waals surface area contributed by atoms with Crippen LogP contribution in [0.15, 0.2) is 182 Å². The molecule has 0 amide bonds. The van der Waals surface area contributed by atoms with Gasteiger partial charge in [-0.3, -0.25) is 0 Å². The fraction of sp³-hybridized carbons (Fsp3) is 0. The number of thiazole rings is 2. The number of para-hydroxylation sites is 4. The molecule has 4 nitrogen and oxygen atoms in total. The lowest BCUT2D eigenvalue weighted by molar-refractivity contribution is 1.28. The molecule has 6 heteroatoms. The molecule has 0 radical (unpaired) electrons. The largest absolute Gasteiger partial charge is 0.311 e. The van der Waals surface area contributed by atoms with Crippen LogP contribution in [0, 0.1) is 0 Å². The average Bonchev–Trinajstić information content (AvgIpc) is 3.83. The topological polar surface area (TPSA) is 32.3 Å². The first-order valence-electron chi connectivity index (χ1n) is 17.8. The summed E-state index contributed by atoms with van der Waals surface area (Å²) in [5, 5.41) is 1.95. The van der Waals surface area contributed by atoms with Crippen molar-refractivity contribution in [2.24, 2.45) is 0 Å². The highest BCUT2D eigenvalue weighted by Crippen LogP contribution is 2.36. The summed E-state index contributed by atoms with van der Waals surface area (Å²) in [7, 11) is 0. The van der Waals surface area contributed by atoms with Crippen LogP contribution in [0.2, 0.25) is 0 Å². The molecular formula is C48H34N4S2. The summed E-state index contributed by atoms with van der Waals surface area (Å²) in [6, 6.07) is 63.5. The van der Waals surface area contributed by atoms with Crippen LogP contribution in [-0.2, 0) is 0 Å². The smallest absolute Gasteiger partial charge is 0.117 e. The Kier molecular flexibility index (Phi) is 9.34. The maximum atomic E-state index is 4.95. The van der Waals surface area contributed by atoms with Crippen LogP contribution in [0.5, 0.6) is 0 Å². The highest BCUT2D eigenvalue weighted by molar-refractivity contribution is 7.21. The molecule has 0 spiro atoms. The van der Waals surface area contributed by atoms with Crippen molar-refractivity contribution < 1.29 is 0 Å². The highest BCUT2D eigenvalue weighted by atomic mass is 32.1. The summed E-state index contributed by atoms with van der Waals surface area (Å²) >= 11 is 3.38. The molecule has 2 heterocycles. The van der Waals surface area contributed by atoms with Crippen LogP contribution in [0.4, 0.5) is 34.1 Å². The molecule has 0 saturated carbocycles. The monoisotopic (exact) mass is 730 g/mol. The number of hydrogen-bond donors (Lipinski definition) is 0. The van der Waals surface area contributed by atoms with Crippen LogP contribution >= 0.6 is 22.7 Å². The van der Waals surface area contributed by atoms with Crippen molar-refractivity contribution >= 4 is 102 Å². The molecule has 2 aromatic heterocycles. The maximum Gasteiger partial charge on any atom is 0.117 e. The van der Waals surface area contributed by atoms with E-state index in [0.717, 1.165) is 75.7 Å². The molecule has 0 aliphatic heterocycles. The first-order chi connectivity index (χ1) is 26.7. The molecule has 0 unspecified atom stereocenters. The van der Waals surface area contributed by atoms with E-state index in [0.29, 0.717) is 0 Å². The van der Waals surface area contributed by atoms with Gasteiger partial charge in [0.15, 0.2) is 0 Å². The molecule has 258 valence electrons. The lowest BCUT2D eigenvalue weighted by Gasteiger charge is -2.25. The van der Waals surface area contributed by atoms with Crippen LogP contribution in [0.3, 0.4) is 0 Å². The van der Waals surface area contributed by atoms with Crippen molar-refractivity contribution in [3.8, 4) is 0 Å². The summed E-state index contributed by atoms with van der Waals surface area (Å²) in [6.45, 7) is 0. The number of aromatic nitrogens is 2. The normalized spacial score (nSPS) is 11.6. The van der Waals surface area contributed by atoms with Crippen LogP contribution in [0.25, 0.3) is 44.7 Å². The Balaban J connectivity index is 0.898. The Morgan fingerprint density at radius 2 is 0.630 bits per heavy atom. The number of benzene rings is 7. The third-order valence-corrected chi connectivity index (χ3v) is 11.1. The van der Waals surface area contributed by atoms with Gasteiger partial charge >= 0.3 is 0 Å². The number of rotatable bonds is 10. The predicted octanol–water partition coefficient (Wildman–Crippen LogP) is 14.2. The molecule has 0 bridgehead atoms. The van der Waals surface area contributed by atoms with Gasteiger partial charge in [0.25, 0.3) is 0 Å². The number of anilines is 6. The number of nitrogens with zero attached hydrogens (tertiary/aromatic N) is 4. The lowest BCUT2D eigenvalue weighted by atomic mass is 10.1. The molecule has 9 aromatic rings. The second kappa shape index (κ2) is 15.2. The second-order valence-electron chi connectivity index (χ2n) is 12.8. The van der Waals surface area contributed by atoms with Gasteiger partial charge in [-0.15, -0.1) is 22.7 Å². The quantitative estimate of drug-likeness (QED) is 0.140. The van der Waals surface area contributed by atoms with Crippen LogP contribution < -0.4 is 9.80 Å². The van der Waals surface area contributed by atoms with E-state index in [-0.39, 0.29) is 0 Å². The van der Waals surface area contributed by atoms with Crippen molar-refractivity contribution in [1.82, 2.24) is 9.97 Å². The van der Waals surface area contributed by atoms with Crippen molar-refractivity contribution in [3.05, 3.63) is 203 Å². The predicted molar refractivity (Wildman–Crippen MR) is 233 cm³/mol.